The van der Waals surface area contributed by atoms with Crippen LogP contribution in [0.1, 0.15) is 52.0 Å². The summed E-state index contributed by atoms with van der Waals surface area (Å²) in [6, 6.07) is 7.36. The molecule has 1 N–H and O–H groups in total. The van der Waals surface area contributed by atoms with E-state index in [1.54, 1.807) is 12.1 Å². The predicted octanol–water partition coefficient (Wildman–Crippen LogP) is 3.74. The van der Waals surface area contributed by atoms with E-state index in [0.717, 1.165) is 25.7 Å². The third kappa shape index (κ3) is 4.07. The summed E-state index contributed by atoms with van der Waals surface area (Å²) < 4.78 is 27.9. The fourth-order valence-electron chi connectivity index (χ4n) is 3.14. The van der Waals surface area contributed by atoms with Crippen molar-refractivity contribution >= 4 is 10.0 Å². The Morgan fingerprint density at radius 1 is 1.14 bits per heavy atom. The van der Waals surface area contributed by atoms with Gasteiger partial charge in [-0.15, -0.1) is 0 Å². The van der Waals surface area contributed by atoms with Crippen molar-refractivity contribution in [3.05, 3.63) is 29.8 Å². The lowest BCUT2D eigenvalue weighted by molar-refractivity contribution is 0.227. The van der Waals surface area contributed by atoms with Gasteiger partial charge in [0.15, 0.2) is 0 Å². The molecule has 3 atom stereocenters. The van der Waals surface area contributed by atoms with Gasteiger partial charge in [-0.2, -0.15) is 0 Å². The molecule has 2 rings (SSSR count). The minimum absolute atomic E-state index is 0.0640. The second kappa shape index (κ2) is 6.93. The monoisotopic (exact) mass is 309 g/mol. The summed E-state index contributed by atoms with van der Waals surface area (Å²) in [5.41, 5.74) is 1.19. The smallest absolute Gasteiger partial charge is 0.208 e. The average molecular weight is 309 g/mol. The maximum Gasteiger partial charge on any atom is 0.240 e. The number of benzene rings is 1. The molecular weight excluding hydrogens is 282 g/mol. The second-order valence-corrected chi connectivity index (χ2v) is 8.10. The summed E-state index contributed by atoms with van der Waals surface area (Å²) in [4.78, 5) is 0.382. The fraction of sp³-hybridized carbons (Fsp3) is 0.647. The molecule has 3 nitrogen and oxygen atoms in total. The fourth-order valence-corrected chi connectivity index (χ4v) is 4.50. The molecule has 1 saturated carbocycles. The van der Waals surface area contributed by atoms with Gasteiger partial charge >= 0.3 is 0 Å². The highest BCUT2D eigenvalue weighted by atomic mass is 32.2. The molecule has 1 aliphatic rings. The van der Waals surface area contributed by atoms with Crippen molar-refractivity contribution in [1.29, 1.82) is 0 Å². The third-order valence-corrected chi connectivity index (χ3v) is 6.29. The van der Waals surface area contributed by atoms with Crippen LogP contribution in [-0.2, 0) is 16.4 Å². The molecule has 1 aromatic carbocycles. The van der Waals surface area contributed by atoms with Crippen LogP contribution < -0.4 is 4.72 Å². The van der Waals surface area contributed by atoms with Crippen LogP contribution in [-0.4, -0.2) is 14.5 Å². The van der Waals surface area contributed by atoms with Crippen LogP contribution >= 0.6 is 0 Å². The Bertz CT molecular complexity index is 551. The molecule has 0 aromatic heterocycles. The second-order valence-electron chi connectivity index (χ2n) is 6.39. The lowest BCUT2D eigenvalue weighted by Crippen LogP contribution is -2.43. The minimum Gasteiger partial charge on any atom is -0.208 e. The zero-order valence-corrected chi connectivity index (χ0v) is 14.1. The molecule has 0 radical (unpaired) electrons. The van der Waals surface area contributed by atoms with E-state index in [1.165, 1.54) is 12.0 Å². The standard InChI is InChI=1S/C17H27NO2S/c1-4-6-15-9-11-16(12-10-15)21(19,20)18-17-8-5-7-13(2)14(17)3/h9-14,17-18H,4-8H2,1-3H3. The van der Waals surface area contributed by atoms with E-state index in [0.29, 0.717) is 16.7 Å². The average Bonchev–Trinajstić information content (AvgIpc) is 2.45. The molecule has 0 bridgehead atoms. The van der Waals surface area contributed by atoms with Crippen LogP contribution in [0.3, 0.4) is 0 Å². The van der Waals surface area contributed by atoms with Gasteiger partial charge in [0.2, 0.25) is 10.0 Å². The van der Waals surface area contributed by atoms with Crippen LogP contribution in [0.4, 0.5) is 0 Å². The quantitative estimate of drug-likeness (QED) is 0.900. The van der Waals surface area contributed by atoms with Crippen molar-refractivity contribution in [3.8, 4) is 0 Å². The summed E-state index contributed by atoms with van der Waals surface area (Å²) in [5.74, 6) is 0.978. The maximum atomic E-state index is 12.5. The van der Waals surface area contributed by atoms with Crippen molar-refractivity contribution in [3.63, 3.8) is 0 Å². The number of aryl methyl sites for hydroxylation is 1. The van der Waals surface area contributed by atoms with Gasteiger partial charge in [0, 0.05) is 6.04 Å². The first-order chi connectivity index (χ1) is 9.94. The van der Waals surface area contributed by atoms with E-state index in [-0.39, 0.29) is 6.04 Å². The van der Waals surface area contributed by atoms with Crippen LogP contribution in [0, 0.1) is 11.8 Å². The zero-order chi connectivity index (χ0) is 15.5. The number of rotatable bonds is 5. The zero-order valence-electron chi connectivity index (χ0n) is 13.3. The topological polar surface area (TPSA) is 46.2 Å². The molecule has 1 aliphatic carbocycles. The van der Waals surface area contributed by atoms with Crippen LogP contribution in [0.25, 0.3) is 0 Å². The van der Waals surface area contributed by atoms with Crippen molar-refractivity contribution in [2.45, 2.75) is 63.8 Å². The lowest BCUT2D eigenvalue weighted by Gasteiger charge is -2.34. The number of nitrogens with one attached hydrogen (secondary N) is 1. The molecule has 1 fully saturated rings. The number of hydrogen-bond donors (Lipinski definition) is 1. The SMILES string of the molecule is CCCc1ccc(S(=O)(=O)NC2CCCC(C)C2C)cc1. The normalized spacial score (nSPS) is 26.7. The van der Waals surface area contributed by atoms with Gasteiger partial charge in [-0.05, 0) is 42.4 Å². The van der Waals surface area contributed by atoms with Crippen molar-refractivity contribution < 1.29 is 8.42 Å². The van der Waals surface area contributed by atoms with Crippen LogP contribution in [0.5, 0.6) is 0 Å². The van der Waals surface area contributed by atoms with E-state index >= 15 is 0 Å². The van der Waals surface area contributed by atoms with Crippen LogP contribution in [0.2, 0.25) is 0 Å². The molecule has 0 spiro atoms. The highest BCUT2D eigenvalue weighted by Crippen LogP contribution is 2.30. The molecule has 0 saturated heterocycles. The van der Waals surface area contributed by atoms with Crippen molar-refractivity contribution in [2.24, 2.45) is 11.8 Å². The minimum atomic E-state index is -3.40. The summed E-state index contributed by atoms with van der Waals surface area (Å²) >= 11 is 0. The molecule has 21 heavy (non-hydrogen) atoms. The highest BCUT2D eigenvalue weighted by Gasteiger charge is 2.30. The maximum absolute atomic E-state index is 12.5. The Morgan fingerprint density at radius 2 is 1.81 bits per heavy atom. The van der Waals surface area contributed by atoms with E-state index in [2.05, 4.69) is 25.5 Å². The number of hydrogen-bond acceptors (Lipinski definition) is 2. The van der Waals surface area contributed by atoms with Gasteiger partial charge in [-0.3, -0.25) is 0 Å². The largest absolute Gasteiger partial charge is 0.240 e. The van der Waals surface area contributed by atoms with Gasteiger partial charge < -0.3 is 0 Å². The molecule has 4 heteroatoms. The van der Waals surface area contributed by atoms with E-state index < -0.39 is 10.0 Å². The van der Waals surface area contributed by atoms with Crippen molar-refractivity contribution in [1.82, 2.24) is 4.72 Å². The Hall–Kier alpha value is -0.870. The Kier molecular flexibility index (Phi) is 5.44. The number of sulfonamides is 1. The molecule has 0 aliphatic heterocycles. The van der Waals surface area contributed by atoms with E-state index in [4.69, 9.17) is 0 Å². The molecular formula is C17H27NO2S. The Balaban J connectivity index is 2.10. The molecule has 0 amide bonds. The molecule has 118 valence electrons. The Labute approximate surface area is 129 Å². The highest BCUT2D eigenvalue weighted by molar-refractivity contribution is 7.89. The summed E-state index contributed by atoms with van der Waals surface area (Å²) in [5, 5.41) is 0. The van der Waals surface area contributed by atoms with Gasteiger partial charge in [-0.1, -0.05) is 52.2 Å². The summed E-state index contributed by atoms with van der Waals surface area (Å²) in [6.45, 7) is 6.49. The van der Waals surface area contributed by atoms with Gasteiger partial charge in [0.25, 0.3) is 0 Å². The van der Waals surface area contributed by atoms with Crippen LogP contribution in [0.15, 0.2) is 29.2 Å². The molecule has 0 heterocycles. The first-order valence-electron chi connectivity index (χ1n) is 8.05. The third-order valence-electron chi connectivity index (χ3n) is 4.79. The predicted molar refractivity (Wildman–Crippen MR) is 86.7 cm³/mol. The van der Waals surface area contributed by atoms with E-state index in [1.807, 2.05) is 12.1 Å². The Morgan fingerprint density at radius 3 is 2.43 bits per heavy atom. The van der Waals surface area contributed by atoms with Gasteiger partial charge in [0.1, 0.15) is 0 Å². The van der Waals surface area contributed by atoms with Gasteiger partial charge in [0.05, 0.1) is 4.90 Å². The summed E-state index contributed by atoms with van der Waals surface area (Å²) in [7, 11) is -3.40. The lowest BCUT2D eigenvalue weighted by atomic mass is 9.78. The van der Waals surface area contributed by atoms with E-state index in [9.17, 15) is 8.42 Å². The first-order valence-corrected chi connectivity index (χ1v) is 9.53. The molecule has 1 aromatic rings. The first kappa shape index (κ1) is 16.5. The summed E-state index contributed by atoms with van der Waals surface area (Å²) in [6.07, 6.45) is 5.31. The van der Waals surface area contributed by atoms with Crippen molar-refractivity contribution in [2.75, 3.05) is 0 Å². The van der Waals surface area contributed by atoms with Gasteiger partial charge in [-0.25, -0.2) is 13.1 Å². The molecule has 3 unspecified atom stereocenters.